The van der Waals surface area contributed by atoms with Crippen LogP contribution in [-0.2, 0) is 0 Å². The first-order valence-electron chi connectivity index (χ1n) is 0.569. The van der Waals surface area contributed by atoms with Gasteiger partial charge in [0.05, 0.1) is 0 Å². The van der Waals surface area contributed by atoms with Crippen molar-refractivity contribution in [3.8, 4) is 0 Å². The molecule has 0 rings (SSSR count). The predicted octanol–water partition coefficient (Wildman–Crippen LogP) is 0.802. The van der Waals surface area contributed by atoms with Crippen molar-refractivity contribution in [2.75, 3.05) is 0 Å². The Hall–Kier alpha value is 0.600. The van der Waals surface area contributed by atoms with Gasteiger partial charge >= 0.3 is 29.6 Å². The number of hydrogen-bond acceptors (Lipinski definition) is 1. The van der Waals surface area contributed by atoms with Crippen molar-refractivity contribution in [2.24, 2.45) is 4.63 Å². The summed E-state index contributed by atoms with van der Waals surface area (Å²) in [6.07, 6.45) is 0. The molecule has 0 atom stereocenters. The van der Waals surface area contributed by atoms with Crippen molar-refractivity contribution < 1.29 is 0 Å². The van der Waals surface area contributed by atoms with Crippen molar-refractivity contribution >= 4 is 41.3 Å². The Kier molecular flexibility index (Phi) is 16.1. The van der Waals surface area contributed by atoms with Gasteiger partial charge in [0.2, 0.25) is 0 Å². The first-order valence-corrected chi connectivity index (χ1v) is 0.907. The summed E-state index contributed by atoms with van der Waals surface area (Å²) in [5.74, 6) is 0. The van der Waals surface area contributed by atoms with Crippen molar-refractivity contribution in [2.45, 2.75) is 0 Å². The van der Waals surface area contributed by atoms with E-state index >= 15 is 0 Å². The van der Waals surface area contributed by atoms with Crippen LogP contribution >= 0.6 is 11.8 Å². The second-order valence-corrected chi connectivity index (χ2v) is 0.316. The third-order valence-corrected chi connectivity index (χ3v) is 0.101. The zero-order valence-corrected chi connectivity index (χ0v) is 2.48. The van der Waals surface area contributed by atoms with E-state index in [4.69, 9.17) is 5.53 Å². The molecule has 0 fully saturated rings. The minimum absolute atomic E-state index is 0. The second kappa shape index (κ2) is 8.82. The van der Waals surface area contributed by atoms with Gasteiger partial charge in [-0.1, -0.05) is 0 Å². The molecule has 0 aromatic rings. The molecule has 0 N–H and O–H groups in total. The van der Waals surface area contributed by atoms with E-state index in [0.29, 0.717) is 0 Å². The summed E-state index contributed by atoms with van der Waals surface area (Å²) in [7, 11) is 0. The van der Waals surface area contributed by atoms with Crippen LogP contribution in [0.5, 0.6) is 0 Å². The molecule has 0 aliphatic heterocycles. The van der Waals surface area contributed by atoms with E-state index in [1.807, 2.05) is 0 Å². The Morgan fingerprint density at radius 3 is 2.00 bits per heavy atom. The molecule has 0 heterocycles. The van der Waals surface area contributed by atoms with Crippen LogP contribution in [0.15, 0.2) is 4.63 Å². The molecular formula is HClN3Na. The van der Waals surface area contributed by atoms with E-state index in [-0.39, 0.29) is 29.6 Å². The summed E-state index contributed by atoms with van der Waals surface area (Å²) < 4.78 is 2.39. The number of hydrogen-bond donors (Lipinski definition) is 0. The second-order valence-electron chi connectivity index (χ2n) is 0.165. The quantitative estimate of drug-likeness (QED) is 0.188. The molecule has 0 amide bonds. The average Bonchev–Trinajstić information content (AvgIpc) is 1.37. The van der Waals surface area contributed by atoms with Gasteiger partial charge in [-0.3, -0.25) is 0 Å². The molecule has 0 saturated heterocycles. The molecule has 5 heavy (non-hydrogen) atoms. The number of nitrogens with zero attached hydrogens (tertiary/aromatic N) is 3. The van der Waals surface area contributed by atoms with Gasteiger partial charge in [-0.25, -0.2) is 0 Å². The topological polar surface area (TPSA) is 48.8 Å². The number of azide groups is 1. The van der Waals surface area contributed by atoms with E-state index in [1.54, 1.807) is 0 Å². The SMILES string of the molecule is [N-]=[N+]=NCl.[NaH]. The molecule has 0 radical (unpaired) electrons. The molecule has 0 aromatic carbocycles. The Morgan fingerprint density at radius 1 is 1.80 bits per heavy atom. The van der Waals surface area contributed by atoms with Gasteiger partial charge in [0, 0.05) is 9.55 Å². The monoisotopic (exact) mass is 101 g/mol. The third-order valence-electron chi connectivity index (χ3n) is 0.0338. The summed E-state index contributed by atoms with van der Waals surface area (Å²) in [4.78, 5) is 2.13. The Morgan fingerprint density at radius 2 is 2.00 bits per heavy atom. The van der Waals surface area contributed by atoms with Crippen LogP contribution < -0.4 is 0 Å². The average molecular weight is 101 g/mol. The molecule has 0 bridgehead atoms. The van der Waals surface area contributed by atoms with Crippen molar-refractivity contribution in [3.63, 3.8) is 0 Å². The van der Waals surface area contributed by atoms with Crippen LogP contribution in [0.2, 0.25) is 0 Å². The van der Waals surface area contributed by atoms with Crippen LogP contribution in [0.25, 0.3) is 10.4 Å². The summed E-state index contributed by atoms with van der Waals surface area (Å²) in [6, 6.07) is 0. The van der Waals surface area contributed by atoms with E-state index in [0.717, 1.165) is 0 Å². The van der Waals surface area contributed by atoms with Gasteiger partial charge in [0.1, 0.15) is 0 Å². The zero-order chi connectivity index (χ0) is 3.41. The van der Waals surface area contributed by atoms with E-state index in [1.165, 1.54) is 0 Å². The molecule has 24 valence electrons. The molecule has 3 nitrogen and oxygen atoms in total. The summed E-state index contributed by atoms with van der Waals surface area (Å²) in [6.45, 7) is 0. The number of rotatable bonds is 0. The van der Waals surface area contributed by atoms with Crippen LogP contribution in [0.4, 0.5) is 0 Å². The molecule has 0 spiro atoms. The molecule has 0 aliphatic carbocycles. The Bertz CT molecular complexity index is 44.9. The standard InChI is InChI=1S/ClN3.Na.H/c1-3-4-2;;. The van der Waals surface area contributed by atoms with Gasteiger partial charge in [-0.2, -0.15) is 0 Å². The normalized spacial score (nSPS) is 3.40. The molecule has 0 unspecified atom stereocenters. The third kappa shape index (κ3) is 12.1. The summed E-state index contributed by atoms with van der Waals surface area (Å²) >= 11 is 4.39. The van der Waals surface area contributed by atoms with Crippen molar-refractivity contribution in [3.05, 3.63) is 10.4 Å². The van der Waals surface area contributed by atoms with Crippen molar-refractivity contribution in [1.82, 2.24) is 0 Å². The minimum atomic E-state index is 0. The predicted molar refractivity (Wildman–Crippen MR) is 22.1 cm³/mol. The zero-order valence-electron chi connectivity index (χ0n) is 1.72. The van der Waals surface area contributed by atoms with Crippen LogP contribution in [0, 0.1) is 0 Å². The Labute approximate surface area is 56.3 Å². The Balaban J connectivity index is 0. The van der Waals surface area contributed by atoms with Crippen molar-refractivity contribution in [1.29, 1.82) is 0 Å². The fourth-order valence-corrected chi connectivity index (χ4v) is 0. The van der Waals surface area contributed by atoms with Crippen LogP contribution in [-0.4, -0.2) is 29.6 Å². The fraction of sp³-hybridized carbons (Fsp3) is 0. The van der Waals surface area contributed by atoms with Crippen LogP contribution in [0.1, 0.15) is 0 Å². The molecule has 0 aromatic heterocycles. The van der Waals surface area contributed by atoms with Crippen LogP contribution in [0.3, 0.4) is 0 Å². The molecule has 0 aliphatic rings. The van der Waals surface area contributed by atoms with Gasteiger partial charge < -0.3 is 0 Å². The van der Waals surface area contributed by atoms with Gasteiger partial charge in [0.15, 0.2) is 0 Å². The molecular weight excluding hydrogens is 100 g/mol. The van der Waals surface area contributed by atoms with Gasteiger partial charge in [0.25, 0.3) is 0 Å². The number of halogens is 1. The first kappa shape index (κ1) is 9.14. The maximum absolute atomic E-state index is 7.20. The van der Waals surface area contributed by atoms with E-state index in [2.05, 4.69) is 21.3 Å². The molecule has 0 saturated carbocycles. The fourth-order valence-electron chi connectivity index (χ4n) is 0. The van der Waals surface area contributed by atoms with Gasteiger partial charge in [-0.05, 0) is 17.3 Å². The van der Waals surface area contributed by atoms with Gasteiger partial charge in [-0.15, -0.1) is 0 Å². The first-order chi connectivity index (χ1) is 1.91. The van der Waals surface area contributed by atoms with E-state index in [9.17, 15) is 0 Å². The van der Waals surface area contributed by atoms with E-state index < -0.39 is 0 Å². The maximum atomic E-state index is 7.20. The summed E-state index contributed by atoms with van der Waals surface area (Å²) in [5, 5.41) is 0. The summed E-state index contributed by atoms with van der Waals surface area (Å²) in [5.41, 5.74) is 7.20. The molecule has 5 heteroatoms.